The number of nitrogens with two attached hydrogens (primary N) is 1. The van der Waals surface area contributed by atoms with Crippen LogP contribution in [0, 0.1) is 5.41 Å². The Kier molecular flexibility index (Phi) is 5.13. The molecule has 1 spiro atoms. The summed E-state index contributed by atoms with van der Waals surface area (Å²) in [7, 11) is 0. The van der Waals surface area contributed by atoms with Gasteiger partial charge < -0.3 is 10.6 Å². The average Bonchev–Trinajstić information content (AvgIpc) is 3.13. The van der Waals surface area contributed by atoms with E-state index in [0.717, 1.165) is 29.4 Å². The van der Waals surface area contributed by atoms with Gasteiger partial charge in [0.05, 0.1) is 15.7 Å². The minimum Gasteiger partial charge on any atom is -0.339 e. The molecule has 1 saturated heterocycles. The number of nitrogens with one attached hydrogen (secondary N) is 1. The van der Waals surface area contributed by atoms with Crippen LogP contribution in [-0.4, -0.2) is 42.8 Å². The molecule has 0 radical (unpaired) electrons. The summed E-state index contributed by atoms with van der Waals surface area (Å²) < 4.78 is 0.880. The number of hydrogen-bond acceptors (Lipinski definition) is 8. The van der Waals surface area contributed by atoms with Crippen molar-refractivity contribution in [2.45, 2.75) is 25.3 Å². The number of H-pyrrole nitrogens is 1. The van der Waals surface area contributed by atoms with Gasteiger partial charge in [-0.05, 0) is 54.0 Å². The molecule has 2 aliphatic rings. The van der Waals surface area contributed by atoms with Crippen molar-refractivity contribution in [2.75, 3.05) is 18.0 Å². The van der Waals surface area contributed by atoms with Gasteiger partial charge in [-0.15, -0.1) is 10.2 Å². The molecule has 1 aromatic carbocycles. The lowest BCUT2D eigenvalue weighted by Gasteiger charge is -2.42. The minimum absolute atomic E-state index is 0.0234. The van der Waals surface area contributed by atoms with E-state index in [4.69, 9.17) is 28.9 Å². The highest BCUT2D eigenvalue weighted by atomic mass is 35.5. The molecule has 4 heterocycles. The molecule has 0 saturated carbocycles. The SMILES string of the molecule is N[C@@H]1c2cnccc2CC12CCN(c1nnc3c(=O)n(-c4cccc(Cl)c4Cl)c(=O)[nH]c3n1)CC2. The summed E-state index contributed by atoms with van der Waals surface area (Å²) in [4.78, 5) is 39.2. The van der Waals surface area contributed by atoms with Crippen molar-refractivity contribution in [2.24, 2.45) is 11.1 Å². The zero-order chi connectivity index (χ0) is 24.3. The Bertz CT molecular complexity index is 1590. The van der Waals surface area contributed by atoms with Crippen LogP contribution >= 0.6 is 23.2 Å². The summed E-state index contributed by atoms with van der Waals surface area (Å²) >= 11 is 12.3. The summed E-state index contributed by atoms with van der Waals surface area (Å²) in [6.07, 6.45) is 6.32. The van der Waals surface area contributed by atoms with Crippen molar-refractivity contribution in [3.05, 3.63) is 78.7 Å². The molecule has 6 rings (SSSR count). The molecule has 178 valence electrons. The zero-order valence-electron chi connectivity index (χ0n) is 18.4. The molecule has 3 N–H and O–H groups in total. The molecule has 35 heavy (non-hydrogen) atoms. The lowest BCUT2D eigenvalue weighted by atomic mass is 9.73. The molecular formula is C23H20Cl2N8O2. The van der Waals surface area contributed by atoms with Gasteiger partial charge in [0, 0.05) is 31.5 Å². The first-order valence-electron chi connectivity index (χ1n) is 11.2. The van der Waals surface area contributed by atoms with Crippen LogP contribution < -0.4 is 21.9 Å². The Hall–Kier alpha value is -3.34. The van der Waals surface area contributed by atoms with E-state index in [1.54, 1.807) is 12.1 Å². The maximum Gasteiger partial charge on any atom is 0.334 e. The minimum atomic E-state index is -0.695. The second-order valence-electron chi connectivity index (χ2n) is 9.03. The zero-order valence-corrected chi connectivity index (χ0v) is 19.9. The first-order chi connectivity index (χ1) is 16.9. The fourth-order valence-electron chi connectivity index (χ4n) is 5.26. The number of anilines is 1. The largest absolute Gasteiger partial charge is 0.339 e. The number of pyridine rings is 1. The second-order valence-corrected chi connectivity index (χ2v) is 9.82. The van der Waals surface area contributed by atoms with Gasteiger partial charge >= 0.3 is 5.69 Å². The van der Waals surface area contributed by atoms with E-state index in [9.17, 15) is 9.59 Å². The molecule has 1 atom stereocenters. The Morgan fingerprint density at radius 2 is 1.91 bits per heavy atom. The van der Waals surface area contributed by atoms with Gasteiger partial charge in [0.1, 0.15) is 0 Å². The summed E-state index contributed by atoms with van der Waals surface area (Å²) in [5.41, 5.74) is 7.77. The van der Waals surface area contributed by atoms with Crippen LogP contribution in [-0.2, 0) is 6.42 Å². The highest BCUT2D eigenvalue weighted by Gasteiger charge is 2.46. The van der Waals surface area contributed by atoms with Crippen molar-refractivity contribution in [3.8, 4) is 5.69 Å². The molecule has 12 heteroatoms. The van der Waals surface area contributed by atoms with Gasteiger partial charge in [-0.1, -0.05) is 29.3 Å². The molecule has 4 aromatic rings. The van der Waals surface area contributed by atoms with Crippen LogP contribution in [0.4, 0.5) is 5.95 Å². The fraction of sp³-hybridized carbons (Fsp3) is 0.304. The van der Waals surface area contributed by atoms with E-state index >= 15 is 0 Å². The number of halogens is 2. The molecule has 10 nitrogen and oxygen atoms in total. The summed E-state index contributed by atoms with van der Waals surface area (Å²) in [6.45, 7) is 1.36. The van der Waals surface area contributed by atoms with Gasteiger partial charge in [-0.3, -0.25) is 14.8 Å². The molecule has 0 bridgehead atoms. The van der Waals surface area contributed by atoms with Crippen molar-refractivity contribution in [1.29, 1.82) is 0 Å². The summed E-state index contributed by atoms with van der Waals surface area (Å²) in [5, 5.41) is 8.61. The number of nitrogens with zero attached hydrogens (tertiary/aromatic N) is 6. The number of fused-ring (bicyclic) bond motifs is 2. The monoisotopic (exact) mass is 510 g/mol. The van der Waals surface area contributed by atoms with Crippen LogP contribution in [0.1, 0.15) is 30.0 Å². The maximum absolute atomic E-state index is 13.1. The molecule has 0 unspecified atom stereocenters. The van der Waals surface area contributed by atoms with E-state index in [2.05, 4.69) is 25.1 Å². The Balaban J connectivity index is 1.30. The quantitative estimate of drug-likeness (QED) is 0.419. The fourth-order valence-corrected chi connectivity index (χ4v) is 5.64. The molecule has 1 aliphatic heterocycles. The highest BCUT2D eigenvalue weighted by molar-refractivity contribution is 6.43. The van der Waals surface area contributed by atoms with Gasteiger partial charge in [0.15, 0.2) is 11.2 Å². The van der Waals surface area contributed by atoms with Crippen molar-refractivity contribution in [3.63, 3.8) is 0 Å². The first-order valence-corrected chi connectivity index (χ1v) is 11.9. The topological polar surface area (TPSA) is 136 Å². The summed E-state index contributed by atoms with van der Waals surface area (Å²) in [5.74, 6) is 0.353. The van der Waals surface area contributed by atoms with E-state index < -0.39 is 11.2 Å². The molecule has 0 amide bonds. The number of hydrogen-bond donors (Lipinski definition) is 2. The molecule has 1 fully saturated rings. The Labute approximate surface area is 208 Å². The van der Waals surface area contributed by atoms with Crippen LogP contribution in [0.5, 0.6) is 0 Å². The number of aromatic amines is 1. The van der Waals surface area contributed by atoms with Crippen molar-refractivity contribution >= 4 is 40.3 Å². The second kappa shape index (κ2) is 8.11. The Morgan fingerprint density at radius 3 is 2.69 bits per heavy atom. The predicted molar refractivity (Wildman–Crippen MR) is 132 cm³/mol. The van der Waals surface area contributed by atoms with E-state index in [1.807, 2.05) is 23.4 Å². The van der Waals surface area contributed by atoms with Gasteiger partial charge in [0.25, 0.3) is 5.56 Å². The highest BCUT2D eigenvalue weighted by Crippen LogP contribution is 2.50. The van der Waals surface area contributed by atoms with Crippen molar-refractivity contribution in [1.82, 2.24) is 29.7 Å². The third-order valence-electron chi connectivity index (χ3n) is 7.21. The third kappa shape index (κ3) is 3.43. The lowest BCUT2D eigenvalue weighted by Crippen LogP contribution is -2.45. The standard InChI is InChI=1S/C23H20Cl2N8O2/c24-14-2-1-3-15(16(14)25)33-20(34)17-19(29-22(33)35)28-21(31-30-17)32-8-5-23(6-9-32)10-12-4-7-27-11-13(12)18(23)26/h1-4,7,11,18H,5-6,8-10,26H2,(H,28,29,31,35)/t18-/m1/s1. The number of benzene rings is 1. The first kappa shape index (κ1) is 22.1. The smallest absolute Gasteiger partial charge is 0.334 e. The predicted octanol–water partition coefficient (Wildman–Crippen LogP) is 2.41. The van der Waals surface area contributed by atoms with Crippen LogP contribution in [0.2, 0.25) is 10.0 Å². The number of aromatic nitrogens is 6. The average molecular weight is 511 g/mol. The summed E-state index contributed by atoms with van der Waals surface area (Å²) in [6, 6.07) is 6.68. The van der Waals surface area contributed by atoms with Crippen LogP contribution in [0.3, 0.4) is 0 Å². The number of piperidine rings is 1. The van der Waals surface area contributed by atoms with Crippen LogP contribution in [0.25, 0.3) is 16.9 Å². The van der Waals surface area contributed by atoms with E-state index in [0.29, 0.717) is 19.0 Å². The lowest BCUT2D eigenvalue weighted by molar-refractivity contribution is 0.186. The van der Waals surface area contributed by atoms with Gasteiger partial charge in [0.2, 0.25) is 5.95 Å². The maximum atomic E-state index is 13.1. The Morgan fingerprint density at radius 1 is 1.11 bits per heavy atom. The van der Waals surface area contributed by atoms with Gasteiger partial charge in [-0.2, -0.15) is 4.98 Å². The molecular weight excluding hydrogens is 491 g/mol. The normalized spacial score (nSPS) is 18.8. The van der Waals surface area contributed by atoms with Crippen molar-refractivity contribution < 1.29 is 0 Å². The number of rotatable bonds is 2. The third-order valence-corrected chi connectivity index (χ3v) is 8.02. The van der Waals surface area contributed by atoms with E-state index in [1.165, 1.54) is 11.6 Å². The molecule has 1 aliphatic carbocycles. The van der Waals surface area contributed by atoms with Gasteiger partial charge in [-0.25, -0.2) is 9.36 Å². The van der Waals surface area contributed by atoms with E-state index in [-0.39, 0.29) is 38.4 Å². The van der Waals surface area contributed by atoms with Crippen LogP contribution in [0.15, 0.2) is 46.2 Å². The molecule has 3 aromatic heterocycles.